The molecule has 2 aliphatic rings. The molecule has 0 atom stereocenters. The fraction of sp³-hybridized carbons (Fsp3) is 0.700. The number of hydrogen-bond donors (Lipinski definition) is 3. The van der Waals surface area contributed by atoms with Crippen LogP contribution in [0.1, 0.15) is 76.3 Å². The predicted molar refractivity (Wildman–Crippen MR) is 92.0 cm³/mol. The molecule has 3 N–H and O–H groups in total. The highest BCUT2D eigenvalue weighted by Gasteiger charge is 2.37. The Morgan fingerprint density at radius 1 is 0.826 bits per heavy atom. The molecule has 0 aliphatic heterocycles. The third-order valence-electron chi connectivity index (χ3n) is 6.07. The third-order valence-corrected chi connectivity index (χ3v) is 6.07. The minimum atomic E-state index is -0.138. The van der Waals surface area contributed by atoms with Crippen molar-refractivity contribution in [3.8, 4) is 17.2 Å². The van der Waals surface area contributed by atoms with E-state index in [1.54, 1.807) is 0 Å². The van der Waals surface area contributed by atoms with Crippen molar-refractivity contribution in [2.75, 3.05) is 0 Å². The molecule has 0 bridgehead atoms. The second-order valence-corrected chi connectivity index (χ2v) is 8.56. The van der Waals surface area contributed by atoms with E-state index < -0.39 is 0 Å². The number of hydrogen-bond acceptors (Lipinski definition) is 3. The monoisotopic (exact) mass is 318 g/mol. The fourth-order valence-corrected chi connectivity index (χ4v) is 3.51. The van der Waals surface area contributed by atoms with Crippen molar-refractivity contribution in [1.29, 1.82) is 0 Å². The van der Waals surface area contributed by atoms with Gasteiger partial charge in [-0.2, -0.15) is 0 Å². The van der Waals surface area contributed by atoms with Crippen LogP contribution < -0.4 is 0 Å². The summed E-state index contributed by atoms with van der Waals surface area (Å²) in [4.78, 5) is 0. The van der Waals surface area contributed by atoms with Crippen molar-refractivity contribution in [3.05, 3.63) is 17.2 Å². The van der Waals surface area contributed by atoms with Gasteiger partial charge in [0, 0.05) is 5.56 Å². The Balaban J connectivity index is 1.64. The molecule has 128 valence electrons. The Morgan fingerprint density at radius 3 is 1.87 bits per heavy atom. The molecule has 3 nitrogen and oxygen atoms in total. The van der Waals surface area contributed by atoms with E-state index in [4.69, 9.17) is 0 Å². The van der Waals surface area contributed by atoms with Gasteiger partial charge in [0.15, 0.2) is 11.5 Å². The molecule has 0 radical (unpaired) electrons. The number of rotatable bonds is 8. The van der Waals surface area contributed by atoms with Gasteiger partial charge in [0.2, 0.25) is 0 Å². The zero-order valence-corrected chi connectivity index (χ0v) is 14.5. The number of phenolic OH excluding ortho intramolecular Hbond substituents is 3. The van der Waals surface area contributed by atoms with Gasteiger partial charge in [0.1, 0.15) is 5.75 Å². The van der Waals surface area contributed by atoms with Crippen LogP contribution in [0.3, 0.4) is 0 Å². The zero-order valence-electron chi connectivity index (χ0n) is 14.5. The highest BCUT2D eigenvalue weighted by atomic mass is 16.3. The number of benzene rings is 1. The van der Waals surface area contributed by atoms with E-state index in [1.165, 1.54) is 38.2 Å². The van der Waals surface area contributed by atoms with E-state index in [0.717, 1.165) is 31.2 Å². The molecular weight excluding hydrogens is 288 g/mol. The lowest BCUT2D eigenvalue weighted by Gasteiger charge is -2.15. The van der Waals surface area contributed by atoms with Crippen LogP contribution in [-0.4, -0.2) is 15.3 Å². The SMILES string of the molecule is CC1(CCCc2cc(O)c(O)c(CCCC3(C)CC3)c2O)CC1. The lowest BCUT2D eigenvalue weighted by atomic mass is 9.94. The zero-order chi connectivity index (χ0) is 16.7. The van der Waals surface area contributed by atoms with Crippen molar-refractivity contribution in [3.63, 3.8) is 0 Å². The standard InChI is InChI=1S/C20H30O3/c1-19(9-10-19)7-3-5-14-13-16(21)18(23)15(17(14)22)6-4-8-20(2)11-12-20/h13,21-23H,3-12H2,1-2H3. The van der Waals surface area contributed by atoms with Gasteiger partial charge in [0.05, 0.1) is 0 Å². The van der Waals surface area contributed by atoms with Crippen LogP contribution in [0, 0.1) is 10.8 Å². The lowest BCUT2D eigenvalue weighted by molar-refractivity contribution is 0.383. The first kappa shape index (κ1) is 16.5. The molecule has 2 aliphatic carbocycles. The molecule has 0 amide bonds. The number of aromatic hydroxyl groups is 3. The van der Waals surface area contributed by atoms with Crippen LogP contribution in [0.15, 0.2) is 6.07 Å². The van der Waals surface area contributed by atoms with Crippen LogP contribution >= 0.6 is 0 Å². The largest absolute Gasteiger partial charge is 0.507 e. The van der Waals surface area contributed by atoms with E-state index in [0.29, 0.717) is 22.8 Å². The molecule has 0 aromatic heterocycles. The van der Waals surface area contributed by atoms with Gasteiger partial charge < -0.3 is 15.3 Å². The first-order valence-electron chi connectivity index (χ1n) is 9.08. The predicted octanol–water partition coefficient (Wildman–Crippen LogP) is 5.05. The van der Waals surface area contributed by atoms with Gasteiger partial charge in [0.25, 0.3) is 0 Å². The summed E-state index contributed by atoms with van der Waals surface area (Å²) in [6, 6.07) is 1.53. The van der Waals surface area contributed by atoms with Crippen LogP contribution in [0.4, 0.5) is 0 Å². The Morgan fingerprint density at radius 2 is 1.35 bits per heavy atom. The van der Waals surface area contributed by atoms with Crippen LogP contribution in [0.25, 0.3) is 0 Å². The molecule has 3 heteroatoms. The molecule has 1 aromatic rings. The van der Waals surface area contributed by atoms with Gasteiger partial charge in [-0.3, -0.25) is 0 Å². The third kappa shape index (κ3) is 3.94. The Bertz CT molecular complexity index is 583. The summed E-state index contributed by atoms with van der Waals surface area (Å²) in [5, 5.41) is 30.6. The van der Waals surface area contributed by atoms with E-state index in [1.807, 2.05) is 0 Å². The van der Waals surface area contributed by atoms with Gasteiger partial charge in [-0.25, -0.2) is 0 Å². The maximum Gasteiger partial charge on any atom is 0.164 e. The van der Waals surface area contributed by atoms with Crippen molar-refractivity contribution in [2.24, 2.45) is 10.8 Å². The fourth-order valence-electron chi connectivity index (χ4n) is 3.51. The summed E-state index contributed by atoms with van der Waals surface area (Å²) in [7, 11) is 0. The van der Waals surface area contributed by atoms with E-state index in [-0.39, 0.29) is 17.2 Å². The molecular formula is C20H30O3. The molecule has 0 spiro atoms. The molecule has 23 heavy (non-hydrogen) atoms. The maximum atomic E-state index is 10.5. The number of aryl methyl sites for hydroxylation is 1. The van der Waals surface area contributed by atoms with Crippen molar-refractivity contribution in [1.82, 2.24) is 0 Å². The second kappa shape index (κ2) is 5.92. The van der Waals surface area contributed by atoms with Gasteiger partial charge in [-0.05, 0) is 86.7 Å². The van der Waals surface area contributed by atoms with Crippen molar-refractivity contribution < 1.29 is 15.3 Å². The smallest absolute Gasteiger partial charge is 0.164 e. The molecule has 3 rings (SSSR count). The quantitative estimate of drug-likeness (QED) is 0.464. The van der Waals surface area contributed by atoms with Crippen LogP contribution in [0.2, 0.25) is 0 Å². The number of phenols is 3. The molecule has 0 heterocycles. The summed E-state index contributed by atoms with van der Waals surface area (Å²) in [5.41, 5.74) is 2.29. The van der Waals surface area contributed by atoms with Crippen molar-refractivity contribution in [2.45, 2.75) is 78.1 Å². The van der Waals surface area contributed by atoms with Crippen molar-refractivity contribution >= 4 is 0 Å². The normalized spacial score (nSPS) is 20.4. The lowest BCUT2D eigenvalue weighted by Crippen LogP contribution is -1.99. The average Bonchev–Trinajstić information content (AvgIpc) is 3.40. The molecule has 1 aromatic carbocycles. The maximum absolute atomic E-state index is 10.5. The molecule has 0 saturated heterocycles. The minimum absolute atomic E-state index is 0.0944. The first-order chi connectivity index (χ1) is 10.8. The Labute approximate surface area is 139 Å². The summed E-state index contributed by atoms with van der Waals surface area (Å²) in [5.74, 6) is -0.0355. The first-order valence-corrected chi connectivity index (χ1v) is 9.08. The topological polar surface area (TPSA) is 60.7 Å². The summed E-state index contributed by atoms with van der Waals surface area (Å²) < 4.78 is 0. The van der Waals surface area contributed by atoms with E-state index >= 15 is 0 Å². The highest BCUT2D eigenvalue weighted by Crippen LogP contribution is 2.50. The van der Waals surface area contributed by atoms with Gasteiger partial charge in [-0.1, -0.05) is 13.8 Å². The summed E-state index contributed by atoms with van der Waals surface area (Å²) >= 11 is 0. The summed E-state index contributed by atoms with van der Waals surface area (Å²) in [6.45, 7) is 4.60. The summed E-state index contributed by atoms with van der Waals surface area (Å²) in [6.07, 6.45) is 10.8. The molecule has 2 fully saturated rings. The minimum Gasteiger partial charge on any atom is -0.507 e. The van der Waals surface area contributed by atoms with E-state index in [9.17, 15) is 15.3 Å². The Kier molecular flexibility index (Phi) is 4.24. The molecule has 2 saturated carbocycles. The van der Waals surface area contributed by atoms with E-state index in [2.05, 4.69) is 13.8 Å². The van der Waals surface area contributed by atoms with Crippen LogP contribution in [0.5, 0.6) is 17.2 Å². The van der Waals surface area contributed by atoms with Crippen LogP contribution in [-0.2, 0) is 12.8 Å². The Hall–Kier alpha value is -1.38. The average molecular weight is 318 g/mol. The molecule has 0 unspecified atom stereocenters. The highest BCUT2D eigenvalue weighted by molar-refractivity contribution is 5.56. The van der Waals surface area contributed by atoms with Gasteiger partial charge >= 0.3 is 0 Å². The second-order valence-electron chi connectivity index (χ2n) is 8.56. The van der Waals surface area contributed by atoms with Gasteiger partial charge in [-0.15, -0.1) is 0 Å².